The van der Waals surface area contributed by atoms with Crippen molar-refractivity contribution in [2.45, 2.75) is 45.6 Å². The van der Waals surface area contributed by atoms with Crippen LogP contribution in [0.25, 0.3) is 0 Å². The summed E-state index contributed by atoms with van der Waals surface area (Å²) in [6, 6.07) is 11.2. The second-order valence-electron chi connectivity index (χ2n) is 7.92. The van der Waals surface area contributed by atoms with E-state index in [0.29, 0.717) is 37.1 Å². The summed E-state index contributed by atoms with van der Waals surface area (Å²) in [5.41, 5.74) is 0.984. The van der Waals surface area contributed by atoms with Crippen molar-refractivity contribution in [2.75, 3.05) is 6.61 Å². The zero-order valence-corrected chi connectivity index (χ0v) is 16.4. The molecular formula is C23H28N2O3. The molecule has 0 saturated heterocycles. The molecule has 2 aliphatic rings. The molecule has 3 atom stereocenters. The van der Waals surface area contributed by atoms with Crippen LogP contribution in [0.2, 0.25) is 0 Å². The monoisotopic (exact) mass is 380 g/mol. The maximum Gasteiger partial charge on any atom is 0.220 e. The lowest BCUT2D eigenvalue weighted by molar-refractivity contribution is -0.122. The van der Waals surface area contributed by atoms with Crippen LogP contribution in [0.1, 0.15) is 44.6 Å². The number of fused-ring (bicyclic) bond motifs is 2. The van der Waals surface area contributed by atoms with Crippen LogP contribution in [0, 0.1) is 17.8 Å². The summed E-state index contributed by atoms with van der Waals surface area (Å²) in [5.74, 6) is 4.45. The molecule has 5 heteroatoms. The minimum absolute atomic E-state index is 0.156. The molecule has 3 unspecified atom stereocenters. The number of pyridine rings is 1. The van der Waals surface area contributed by atoms with Gasteiger partial charge in [-0.3, -0.25) is 4.79 Å². The smallest absolute Gasteiger partial charge is 0.220 e. The molecular weight excluding hydrogens is 352 g/mol. The van der Waals surface area contributed by atoms with Crippen molar-refractivity contribution in [3.05, 3.63) is 48.2 Å². The van der Waals surface area contributed by atoms with Crippen LogP contribution in [0.3, 0.4) is 0 Å². The molecule has 2 bridgehead atoms. The quantitative estimate of drug-likeness (QED) is 0.720. The Morgan fingerprint density at radius 2 is 1.96 bits per heavy atom. The van der Waals surface area contributed by atoms with Gasteiger partial charge in [-0.15, -0.1) is 0 Å². The van der Waals surface area contributed by atoms with E-state index in [2.05, 4.69) is 10.3 Å². The predicted octanol–water partition coefficient (Wildman–Crippen LogP) is 4.72. The predicted molar refractivity (Wildman–Crippen MR) is 107 cm³/mol. The Morgan fingerprint density at radius 3 is 2.68 bits per heavy atom. The highest BCUT2D eigenvalue weighted by atomic mass is 16.5. The summed E-state index contributed by atoms with van der Waals surface area (Å²) in [4.78, 5) is 16.6. The maximum atomic E-state index is 12.3. The van der Waals surface area contributed by atoms with Gasteiger partial charge in [-0.25, -0.2) is 4.98 Å². The van der Waals surface area contributed by atoms with Crippen LogP contribution < -0.4 is 14.8 Å². The van der Waals surface area contributed by atoms with Gasteiger partial charge in [0.15, 0.2) is 0 Å². The molecule has 1 amide bonds. The van der Waals surface area contributed by atoms with Crippen LogP contribution in [0.15, 0.2) is 42.6 Å². The Hall–Kier alpha value is -2.56. The number of nitrogens with zero attached hydrogens (tertiary/aromatic N) is 1. The molecule has 2 aliphatic carbocycles. The van der Waals surface area contributed by atoms with Crippen molar-refractivity contribution in [1.82, 2.24) is 10.3 Å². The van der Waals surface area contributed by atoms with Gasteiger partial charge in [0, 0.05) is 25.2 Å². The van der Waals surface area contributed by atoms with Crippen molar-refractivity contribution in [3.8, 4) is 17.4 Å². The van der Waals surface area contributed by atoms with E-state index in [-0.39, 0.29) is 5.91 Å². The van der Waals surface area contributed by atoms with Crippen LogP contribution in [0.5, 0.6) is 17.4 Å². The fourth-order valence-electron chi connectivity index (χ4n) is 4.64. The summed E-state index contributed by atoms with van der Waals surface area (Å²) < 4.78 is 11.3. The Balaban J connectivity index is 1.28. The second kappa shape index (κ2) is 8.63. The SMILES string of the molecule is CCOc1ccc(Oc2cc(CNC(=O)CC3CC4CCC3C4)ccn2)cc1. The van der Waals surface area contributed by atoms with Gasteiger partial charge >= 0.3 is 0 Å². The normalized spacial score (nSPS) is 22.8. The summed E-state index contributed by atoms with van der Waals surface area (Å²) in [7, 11) is 0. The molecule has 2 aromatic rings. The number of hydrogen-bond acceptors (Lipinski definition) is 4. The summed E-state index contributed by atoms with van der Waals surface area (Å²) in [5, 5.41) is 3.06. The highest BCUT2D eigenvalue weighted by Crippen LogP contribution is 2.49. The van der Waals surface area contributed by atoms with Crippen molar-refractivity contribution >= 4 is 5.91 Å². The van der Waals surface area contributed by atoms with Crippen molar-refractivity contribution in [3.63, 3.8) is 0 Å². The molecule has 0 aliphatic heterocycles. The molecule has 28 heavy (non-hydrogen) atoms. The maximum absolute atomic E-state index is 12.3. The molecule has 0 radical (unpaired) electrons. The van der Waals surface area contributed by atoms with Gasteiger partial charge in [0.25, 0.3) is 0 Å². The number of ether oxygens (including phenoxy) is 2. The topological polar surface area (TPSA) is 60.5 Å². The van der Waals surface area contributed by atoms with Crippen LogP contribution >= 0.6 is 0 Å². The lowest BCUT2D eigenvalue weighted by atomic mass is 9.86. The molecule has 1 N–H and O–H groups in total. The average Bonchev–Trinajstić information content (AvgIpc) is 3.32. The number of aromatic nitrogens is 1. The van der Waals surface area contributed by atoms with E-state index in [1.54, 1.807) is 6.20 Å². The third kappa shape index (κ3) is 4.64. The third-order valence-corrected chi connectivity index (χ3v) is 5.98. The zero-order valence-electron chi connectivity index (χ0n) is 16.4. The second-order valence-corrected chi connectivity index (χ2v) is 7.92. The first-order valence-corrected chi connectivity index (χ1v) is 10.3. The molecule has 148 valence electrons. The average molecular weight is 380 g/mol. The highest BCUT2D eigenvalue weighted by Gasteiger charge is 2.39. The van der Waals surface area contributed by atoms with Gasteiger partial charge in [-0.05, 0) is 79.8 Å². The minimum Gasteiger partial charge on any atom is -0.494 e. The lowest BCUT2D eigenvalue weighted by Gasteiger charge is -2.20. The van der Waals surface area contributed by atoms with E-state index >= 15 is 0 Å². The van der Waals surface area contributed by atoms with E-state index in [0.717, 1.165) is 23.1 Å². The Labute approximate surface area is 166 Å². The van der Waals surface area contributed by atoms with E-state index in [4.69, 9.17) is 9.47 Å². The number of benzene rings is 1. The molecule has 5 nitrogen and oxygen atoms in total. The Kier molecular flexibility index (Phi) is 5.79. The standard InChI is InChI=1S/C23H28N2O3/c1-2-27-20-5-7-21(8-6-20)28-23-13-17(9-10-24-23)15-25-22(26)14-19-12-16-3-4-18(19)11-16/h5-10,13,16,18-19H,2-4,11-12,14-15H2,1H3,(H,25,26). The van der Waals surface area contributed by atoms with Crippen LogP contribution in [-0.2, 0) is 11.3 Å². The van der Waals surface area contributed by atoms with Gasteiger partial charge in [-0.1, -0.05) is 6.42 Å². The number of rotatable bonds is 8. The lowest BCUT2D eigenvalue weighted by Crippen LogP contribution is -2.26. The molecule has 1 aromatic heterocycles. The number of hydrogen-bond donors (Lipinski definition) is 1. The first-order chi connectivity index (χ1) is 13.7. The first kappa shape index (κ1) is 18.8. The Morgan fingerprint density at radius 1 is 1.14 bits per heavy atom. The van der Waals surface area contributed by atoms with Gasteiger partial charge in [-0.2, -0.15) is 0 Å². The molecule has 2 fully saturated rings. The molecule has 1 heterocycles. The fraction of sp³-hybridized carbons (Fsp3) is 0.478. The largest absolute Gasteiger partial charge is 0.494 e. The molecule has 0 spiro atoms. The minimum atomic E-state index is 0.156. The summed E-state index contributed by atoms with van der Waals surface area (Å²) >= 11 is 0. The first-order valence-electron chi connectivity index (χ1n) is 10.3. The van der Waals surface area contributed by atoms with Crippen LogP contribution in [-0.4, -0.2) is 17.5 Å². The molecule has 4 rings (SSSR count). The fourth-order valence-corrected chi connectivity index (χ4v) is 4.64. The number of carbonyl (C=O) groups is 1. The van der Waals surface area contributed by atoms with Crippen molar-refractivity contribution < 1.29 is 14.3 Å². The van der Waals surface area contributed by atoms with Gasteiger partial charge < -0.3 is 14.8 Å². The Bertz CT molecular complexity index is 806. The number of nitrogens with one attached hydrogen (secondary N) is 1. The van der Waals surface area contributed by atoms with Crippen molar-refractivity contribution in [2.24, 2.45) is 17.8 Å². The van der Waals surface area contributed by atoms with E-state index in [1.807, 2.05) is 43.3 Å². The van der Waals surface area contributed by atoms with Gasteiger partial charge in [0.05, 0.1) is 6.61 Å². The van der Waals surface area contributed by atoms with Crippen molar-refractivity contribution in [1.29, 1.82) is 0 Å². The van der Waals surface area contributed by atoms with E-state index in [9.17, 15) is 4.79 Å². The zero-order chi connectivity index (χ0) is 19.3. The third-order valence-electron chi connectivity index (χ3n) is 5.98. The summed E-state index contributed by atoms with van der Waals surface area (Å²) in [6.07, 6.45) is 7.65. The van der Waals surface area contributed by atoms with Gasteiger partial charge in [0.1, 0.15) is 11.5 Å². The van der Waals surface area contributed by atoms with Crippen LogP contribution in [0.4, 0.5) is 0 Å². The summed E-state index contributed by atoms with van der Waals surface area (Å²) in [6.45, 7) is 3.09. The molecule has 1 aromatic carbocycles. The highest BCUT2D eigenvalue weighted by molar-refractivity contribution is 5.76. The number of carbonyl (C=O) groups excluding carboxylic acids is 1. The van der Waals surface area contributed by atoms with E-state index in [1.165, 1.54) is 25.7 Å². The van der Waals surface area contributed by atoms with Gasteiger partial charge in [0.2, 0.25) is 11.8 Å². The number of amides is 1. The molecule has 2 saturated carbocycles. The van der Waals surface area contributed by atoms with E-state index < -0.39 is 0 Å².